The number of nitrogens with zero attached hydrogens (tertiary/aromatic N) is 1. The summed E-state index contributed by atoms with van der Waals surface area (Å²) in [6.45, 7) is 3.29. The zero-order valence-electron chi connectivity index (χ0n) is 14.7. The van der Waals surface area contributed by atoms with Crippen molar-refractivity contribution in [3.8, 4) is 0 Å². The van der Waals surface area contributed by atoms with E-state index in [1.807, 2.05) is 0 Å². The van der Waals surface area contributed by atoms with E-state index in [2.05, 4.69) is 9.97 Å². The Hall–Kier alpha value is -2.93. The van der Waals surface area contributed by atoms with Crippen molar-refractivity contribution in [1.29, 1.82) is 0 Å². The van der Waals surface area contributed by atoms with Crippen LogP contribution in [0.5, 0.6) is 0 Å². The zero-order valence-corrected chi connectivity index (χ0v) is 15.5. The van der Waals surface area contributed by atoms with Crippen molar-refractivity contribution in [3.05, 3.63) is 86.3 Å². The van der Waals surface area contributed by atoms with Gasteiger partial charge < -0.3 is 4.98 Å². The third-order valence-electron chi connectivity index (χ3n) is 3.96. The zero-order chi connectivity index (χ0) is 20.6. The minimum atomic E-state index is -0.706. The Morgan fingerprint density at radius 3 is 2.11 bits per heavy atom. The van der Waals surface area contributed by atoms with Gasteiger partial charge in [0.2, 0.25) is 0 Å². The monoisotopic (exact) mass is 408 g/mol. The second kappa shape index (κ2) is 7.59. The lowest BCUT2D eigenvalue weighted by atomic mass is 10.2. The Bertz CT molecular complexity index is 1270. The van der Waals surface area contributed by atoms with E-state index >= 15 is 0 Å². The number of benzene rings is 2. The van der Waals surface area contributed by atoms with Crippen LogP contribution in [0.1, 0.15) is 11.4 Å². The van der Waals surface area contributed by atoms with Gasteiger partial charge in [-0.2, -0.15) is 0 Å². The number of aromatic nitrogens is 2. The van der Waals surface area contributed by atoms with Gasteiger partial charge in [-0.15, -0.1) is 0 Å². The van der Waals surface area contributed by atoms with E-state index in [0.29, 0.717) is 11.4 Å². The maximum Gasteiger partial charge on any atom is 0.192 e. The number of aromatic amines is 1. The molecule has 4 aromatic rings. The first-order chi connectivity index (χ1) is 13.2. The lowest BCUT2D eigenvalue weighted by molar-refractivity contribution is 0.614. The SMILES string of the molecule is Cc1cc(=O)c2c(F)ccc(F)c2[nH]1.Cc1cc(Cl)c2c(F)ccc(F)c2n1. The average molecular weight is 409 g/mol. The molecule has 2 heterocycles. The van der Waals surface area contributed by atoms with Crippen LogP contribution in [0.4, 0.5) is 17.6 Å². The van der Waals surface area contributed by atoms with Crippen LogP contribution < -0.4 is 5.43 Å². The van der Waals surface area contributed by atoms with Gasteiger partial charge in [0.25, 0.3) is 0 Å². The maximum absolute atomic E-state index is 13.3. The molecular formula is C20H13ClF4N2O. The van der Waals surface area contributed by atoms with Crippen molar-refractivity contribution in [2.24, 2.45) is 0 Å². The van der Waals surface area contributed by atoms with Crippen LogP contribution in [0.15, 0.2) is 41.2 Å². The normalized spacial score (nSPS) is 10.8. The molecule has 2 aromatic heterocycles. The van der Waals surface area contributed by atoms with E-state index in [0.717, 1.165) is 24.3 Å². The van der Waals surface area contributed by atoms with Crippen molar-refractivity contribution < 1.29 is 17.6 Å². The molecule has 0 aliphatic carbocycles. The summed E-state index contributed by atoms with van der Waals surface area (Å²) < 4.78 is 52.9. The van der Waals surface area contributed by atoms with Gasteiger partial charge >= 0.3 is 0 Å². The van der Waals surface area contributed by atoms with Gasteiger partial charge in [-0.25, -0.2) is 22.5 Å². The van der Waals surface area contributed by atoms with Gasteiger partial charge in [0.05, 0.1) is 21.3 Å². The highest BCUT2D eigenvalue weighted by atomic mass is 35.5. The van der Waals surface area contributed by atoms with E-state index in [1.54, 1.807) is 13.8 Å². The van der Waals surface area contributed by atoms with Crippen molar-refractivity contribution in [2.75, 3.05) is 0 Å². The molecule has 0 atom stereocenters. The van der Waals surface area contributed by atoms with Gasteiger partial charge in [0.1, 0.15) is 28.8 Å². The largest absolute Gasteiger partial charge is 0.356 e. The quantitative estimate of drug-likeness (QED) is 0.385. The molecule has 0 spiro atoms. The summed E-state index contributed by atoms with van der Waals surface area (Å²) in [4.78, 5) is 17.9. The van der Waals surface area contributed by atoms with Crippen LogP contribution in [0.25, 0.3) is 21.8 Å². The third-order valence-corrected chi connectivity index (χ3v) is 4.26. The number of halogens is 5. The van der Waals surface area contributed by atoms with Crippen LogP contribution in [0.3, 0.4) is 0 Å². The third kappa shape index (κ3) is 3.71. The second-order valence-electron chi connectivity index (χ2n) is 6.09. The summed E-state index contributed by atoms with van der Waals surface area (Å²) >= 11 is 5.79. The second-order valence-corrected chi connectivity index (χ2v) is 6.50. The predicted molar refractivity (Wildman–Crippen MR) is 101 cm³/mol. The molecule has 8 heteroatoms. The predicted octanol–water partition coefficient (Wildman–Crippen LogP) is 5.59. The van der Waals surface area contributed by atoms with E-state index < -0.39 is 28.7 Å². The molecule has 28 heavy (non-hydrogen) atoms. The fourth-order valence-electron chi connectivity index (χ4n) is 2.76. The minimum absolute atomic E-state index is 0.0185. The highest BCUT2D eigenvalue weighted by Crippen LogP contribution is 2.27. The highest BCUT2D eigenvalue weighted by molar-refractivity contribution is 6.35. The molecule has 0 saturated carbocycles. The lowest BCUT2D eigenvalue weighted by Gasteiger charge is -2.03. The molecule has 0 amide bonds. The standard InChI is InChI=1S/C10H6ClF2N.C10H7F2NO/c1-5-4-6(11)9-7(12)2-3-8(13)10(9)14-5;1-5-4-8(14)9-6(11)2-3-7(12)10(9)13-5/h2-4H,1H3;2-4H,1H3,(H,13,14). The minimum Gasteiger partial charge on any atom is -0.356 e. The Balaban J connectivity index is 0.000000161. The lowest BCUT2D eigenvalue weighted by Crippen LogP contribution is -2.06. The van der Waals surface area contributed by atoms with Crippen LogP contribution in [-0.2, 0) is 0 Å². The molecule has 0 radical (unpaired) electrons. The molecule has 1 N–H and O–H groups in total. The topological polar surface area (TPSA) is 45.8 Å². The maximum atomic E-state index is 13.3. The molecule has 144 valence electrons. The van der Waals surface area contributed by atoms with Crippen LogP contribution in [0.2, 0.25) is 5.02 Å². The summed E-state index contributed by atoms with van der Waals surface area (Å²) in [7, 11) is 0. The highest BCUT2D eigenvalue weighted by Gasteiger charge is 2.11. The molecule has 2 aromatic carbocycles. The average Bonchev–Trinajstić information content (AvgIpc) is 2.61. The number of pyridine rings is 2. The first-order valence-corrected chi connectivity index (χ1v) is 8.45. The van der Waals surface area contributed by atoms with E-state index in [1.165, 1.54) is 12.1 Å². The van der Waals surface area contributed by atoms with Gasteiger partial charge in [-0.3, -0.25) is 4.79 Å². The van der Waals surface area contributed by atoms with Crippen molar-refractivity contribution in [2.45, 2.75) is 13.8 Å². The number of aryl methyl sites for hydroxylation is 2. The Morgan fingerprint density at radius 2 is 1.43 bits per heavy atom. The number of rotatable bonds is 0. The van der Waals surface area contributed by atoms with Crippen molar-refractivity contribution in [3.63, 3.8) is 0 Å². The van der Waals surface area contributed by atoms with Crippen LogP contribution >= 0.6 is 11.6 Å². The molecule has 0 aliphatic rings. The first kappa shape index (κ1) is 19.8. The van der Waals surface area contributed by atoms with Gasteiger partial charge in [-0.1, -0.05) is 11.6 Å². The summed E-state index contributed by atoms with van der Waals surface area (Å²) in [5.41, 5.74) is 0.470. The molecular weight excluding hydrogens is 396 g/mol. The van der Waals surface area contributed by atoms with E-state index in [9.17, 15) is 22.4 Å². The molecule has 0 aliphatic heterocycles. The molecule has 0 saturated heterocycles. The molecule has 0 unspecified atom stereocenters. The van der Waals surface area contributed by atoms with E-state index in [-0.39, 0.29) is 26.8 Å². The fourth-order valence-corrected chi connectivity index (χ4v) is 3.10. The van der Waals surface area contributed by atoms with Crippen LogP contribution in [-0.4, -0.2) is 9.97 Å². The molecule has 4 rings (SSSR count). The van der Waals surface area contributed by atoms with Gasteiger partial charge in [0.15, 0.2) is 5.43 Å². The Kier molecular flexibility index (Phi) is 5.38. The summed E-state index contributed by atoms with van der Waals surface area (Å²) in [5.74, 6) is -2.45. The van der Waals surface area contributed by atoms with Crippen molar-refractivity contribution >= 4 is 33.4 Å². The van der Waals surface area contributed by atoms with Gasteiger partial charge in [0, 0.05) is 17.5 Å². The first-order valence-electron chi connectivity index (χ1n) is 8.07. The van der Waals surface area contributed by atoms with Gasteiger partial charge in [-0.05, 0) is 44.2 Å². The summed E-state index contributed by atoms with van der Waals surface area (Å²) in [5, 5.41) is -0.00244. The number of H-pyrrole nitrogens is 1. The number of hydrogen-bond acceptors (Lipinski definition) is 2. The number of fused-ring (bicyclic) bond motifs is 2. The molecule has 0 fully saturated rings. The summed E-state index contributed by atoms with van der Waals surface area (Å²) in [6.07, 6.45) is 0. The van der Waals surface area contributed by atoms with Crippen LogP contribution in [0, 0.1) is 37.1 Å². The van der Waals surface area contributed by atoms with Crippen molar-refractivity contribution in [1.82, 2.24) is 9.97 Å². The Morgan fingerprint density at radius 1 is 0.857 bits per heavy atom. The molecule has 0 bridgehead atoms. The summed E-state index contributed by atoms with van der Waals surface area (Å²) in [6, 6.07) is 6.77. The smallest absolute Gasteiger partial charge is 0.192 e. The molecule has 3 nitrogen and oxygen atoms in total. The fraction of sp³-hybridized carbons (Fsp3) is 0.100. The number of hydrogen-bond donors (Lipinski definition) is 1. The van der Waals surface area contributed by atoms with E-state index in [4.69, 9.17) is 11.6 Å². The number of nitrogens with one attached hydrogen (secondary N) is 1. The Labute approximate surface area is 161 Å².